The summed E-state index contributed by atoms with van der Waals surface area (Å²) in [7, 11) is 0. The fourth-order valence-corrected chi connectivity index (χ4v) is 2.66. The molecule has 1 aliphatic rings. The molecule has 0 saturated heterocycles. The van der Waals surface area contributed by atoms with Crippen LogP contribution in [-0.4, -0.2) is 11.0 Å². The number of nitrogens with one attached hydrogen (secondary N) is 1. The molecule has 5 heteroatoms. The Kier molecular flexibility index (Phi) is 3.72. The van der Waals surface area contributed by atoms with Crippen LogP contribution in [0.3, 0.4) is 0 Å². The van der Waals surface area contributed by atoms with Crippen LogP contribution >= 0.6 is 38.5 Å². The van der Waals surface area contributed by atoms with Crippen molar-refractivity contribution in [2.45, 2.75) is 25.4 Å². The van der Waals surface area contributed by atoms with Crippen molar-refractivity contribution in [2.75, 3.05) is 0 Å². The van der Waals surface area contributed by atoms with Crippen LogP contribution in [0.15, 0.2) is 33.3 Å². The second-order valence-corrected chi connectivity index (χ2v) is 6.50. The Bertz CT molecular complexity index is 566. The van der Waals surface area contributed by atoms with E-state index in [-0.39, 0.29) is 0 Å². The first-order valence-corrected chi connectivity index (χ1v) is 7.73. The number of aromatic nitrogens is 1. The molecule has 0 unspecified atom stereocenters. The molecule has 1 aromatic heterocycles. The Balaban J connectivity index is 1.80. The van der Waals surface area contributed by atoms with Gasteiger partial charge in [0, 0.05) is 19.6 Å². The lowest BCUT2D eigenvalue weighted by molar-refractivity contribution is 0.476. The smallest absolute Gasteiger partial charge is 0.208 e. The number of rotatable bonds is 4. The van der Waals surface area contributed by atoms with E-state index in [0.29, 0.717) is 12.6 Å². The highest BCUT2D eigenvalue weighted by Crippen LogP contribution is 2.30. The molecule has 0 radical (unpaired) electrons. The van der Waals surface area contributed by atoms with E-state index >= 15 is 0 Å². The van der Waals surface area contributed by atoms with E-state index in [9.17, 15) is 0 Å². The van der Waals surface area contributed by atoms with Crippen molar-refractivity contribution in [3.63, 3.8) is 0 Å². The molecule has 1 aromatic carbocycles. The zero-order valence-corrected chi connectivity index (χ0v) is 13.4. The van der Waals surface area contributed by atoms with Gasteiger partial charge in [-0.2, -0.15) is 0 Å². The van der Waals surface area contributed by atoms with Crippen LogP contribution in [0.1, 0.15) is 18.7 Å². The van der Waals surface area contributed by atoms with Gasteiger partial charge in [-0.25, -0.2) is 4.98 Å². The summed E-state index contributed by atoms with van der Waals surface area (Å²) in [5.74, 6) is 1.57. The minimum atomic E-state index is 0.671. The van der Waals surface area contributed by atoms with Crippen molar-refractivity contribution >= 4 is 38.5 Å². The molecule has 1 fully saturated rings. The molecule has 1 saturated carbocycles. The molecule has 18 heavy (non-hydrogen) atoms. The van der Waals surface area contributed by atoms with E-state index in [4.69, 9.17) is 4.42 Å². The third-order valence-corrected chi connectivity index (χ3v) is 4.23. The van der Waals surface area contributed by atoms with E-state index in [1.54, 1.807) is 6.20 Å². The van der Waals surface area contributed by atoms with Gasteiger partial charge in [0.25, 0.3) is 0 Å². The third kappa shape index (κ3) is 2.95. The van der Waals surface area contributed by atoms with Gasteiger partial charge in [-0.1, -0.05) is 15.9 Å². The topological polar surface area (TPSA) is 38.1 Å². The molecule has 0 spiro atoms. The largest absolute Gasteiger partial charge is 0.439 e. The van der Waals surface area contributed by atoms with E-state index in [2.05, 4.69) is 61.0 Å². The zero-order chi connectivity index (χ0) is 12.5. The fourth-order valence-electron chi connectivity index (χ4n) is 1.72. The number of hydrogen-bond donors (Lipinski definition) is 1. The summed E-state index contributed by atoms with van der Waals surface area (Å²) in [5.41, 5.74) is 1.05. The van der Waals surface area contributed by atoms with Crippen LogP contribution in [-0.2, 0) is 6.54 Å². The Hall–Kier alpha value is -0.400. The number of hydrogen-bond acceptors (Lipinski definition) is 3. The maximum atomic E-state index is 5.78. The van der Waals surface area contributed by atoms with Gasteiger partial charge >= 0.3 is 0 Å². The third-order valence-electron chi connectivity index (χ3n) is 2.87. The monoisotopic (exact) mass is 418 g/mol. The molecule has 0 bridgehead atoms. The highest BCUT2D eigenvalue weighted by molar-refractivity contribution is 14.1. The summed E-state index contributed by atoms with van der Waals surface area (Å²) in [5, 5.41) is 3.39. The van der Waals surface area contributed by atoms with Crippen molar-refractivity contribution in [1.82, 2.24) is 10.3 Å². The lowest BCUT2D eigenvalue weighted by Gasteiger charge is -2.01. The highest BCUT2D eigenvalue weighted by Gasteiger charge is 2.21. The summed E-state index contributed by atoms with van der Waals surface area (Å²) >= 11 is 5.84. The van der Waals surface area contributed by atoms with Crippen LogP contribution in [0.4, 0.5) is 0 Å². The van der Waals surface area contributed by atoms with Crippen LogP contribution in [0.5, 0.6) is 0 Å². The molecule has 1 aliphatic carbocycles. The lowest BCUT2D eigenvalue weighted by Crippen LogP contribution is -2.15. The van der Waals surface area contributed by atoms with Gasteiger partial charge < -0.3 is 9.73 Å². The Labute approximate surface area is 128 Å². The second kappa shape index (κ2) is 5.30. The molecule has 1 N–H and O–H groups in total. The number of benzene rings is 1. The number of nitrogens with zero attached hydrogens (tertiary/aromatic N) is 1. The quantitative estimate of drug-likeness (QED) is 0.763. The maximum Gasteiger partial charge on any atom is 0.208 e. The molecular weight excluding hydrogens is 407 g/mol. The van der Waals surface area contributed by atoms with Gasteiger partial charge in [-0.05, 0) is 53.6 Å². The normalized spacial score (nSPS) is 15.0. The van der Waals surface area contributed by atoms with E-state index in [1.165, 1.54) is 16.4 Å². The molecule has 0 amide bonds. The van der Waals surface area contributed by atoms with Crippen LogP contribution in [0, 0.1) is 3.57 Å². The second-order valence-electron chi connectivity index (χ2n) is 4.40. The van der Waals surface area contributed by atoms with E-state index < -0.39 is 0 Å². The molecule has 0 atom stereocenters. The number of oxazole rings is 1. The average molecular weight is 419 g/mol. The fraction of sp³-hybridized carbons (Fsp3) is 0.308. The molecule has 2 aromatic rings. The van der Waals surface area contributed by atoms with E-state index in [0.717, 1.165) is 21.7 Å². The Morgan fingerprint density at radius 3 is 3.06 bits per heavy atom. The average Bonchev–Trinajstić information content (AvgIpc) is 3.08. The van der Waals surface area contributed by atoms with Crippen LogP contribution < -0.4 is 5.32 Å². The molecule has 94 valence electrons. The molecular formula is C13H12BrIN2O. The molecule has 1 heterocycles. The standard InChI is InChI=1S/C13H12BrIN2O/c14-11-4-1-8(15)5-10(11)12-6-17-13(18-12)7-16-9-2-3-9/h1,4-6,9,16H,2-3,7H2. The molecule has 3 nitrogen and oxygen atoms in total. The minimum absolute atomic E-state index is 0.671. The predicted octanol–water partition coefficient (Wildman–Crippen LogP) is 3.96. The van der Waals surface area contributed by atoms with Gasteiger partial charge in [0.05, 0.1) is 12.7 Å². The first-order valence-electron chi connectivity index (χ1n) is 5.86. The van der Waals surface area contributed by atoms with E-state index in [1.807, 2.05) is 6.07 Å². The summed E-state index contributed by atoms with van der Waals surface area (Å²) in [6.45, 7) is 0.714. The Morgan fingerprint density at radius 2 is 2.28 bits per heavy atom. The SMILES string of the molecule is Brc1ccc(I)cc1-c1cnc(CNC2CC2)o1. The predicted molar refractivity (Wildman–Crippen MR) is 82.2 cm³/mol. The van der Waals surface area contributed by atoms with Gasteiger partial charge in [-0.15, -0.1) is 0 Å². The van der Waals surface area contributed by atoms with Crippen molar-refractivity contribution in [3.05, 3.63) is 38.3 Å². The maximum absolute atomic E-state index is 5.78. The van der Waals surface area contributed by atoms with Gasteiger partial charge in [0.2, 0.25) is 5.89 Å². The van der Waals surface area contributed by atoms with Crippen molar-refractivity contribution in [3.8, 4) is 11.3 Å². The highest BCUT2D eigenvalue weighted by atomic mass is 127. The van der Waals surface area contributed by atoms with Gasteiger partial charge in [0.1, 0.15) is 0 Å². The zero-order valence-electron chi connectivity index (χ0n) is 9.62. The van der Waals surface area contributed by atoms with Gasteiger partial charge in [-0.3, -0.25) is 0 Å². The summed E-state index contributed by atoms with van der Waals surface area (Å²) in [6.07, 6.45) is 4.34. The minimum Gasteiger partial charge on any atom is -0.439 e. The van der Waals surface area contributed by atoms with Crippen molar-refractivity contribution in [2.24, 2.45) is 0 Å². The Morgan fingerprint density at radius 1 is 1.44 bits per heavy atom. The first-order chi connectivity index (χ1) is 8.72. The van der Waals surface area contributed by atoms with Crippen LogP contribution in [0.25, 0.3) is 11.3 Å². The molecule has 0 aliphatic heterocycles. The summed E-state index contributed by atoms with van der Waals surface area (Å²) < 4.78 is 7.99. The summed E-state index contributed by atoms with van der Waals surface area (Å²) in [4.78, 5) is 4.31. The van der Waals surface area contributed by atoms with Gasteiger partial charge in [0.15, 0.2) is 5.76 Å². The molecule has 3 rings (SSSR count). The summed E-state index contributed by atoms with van der Waals surface area (Å²) in [6, 6.07) is 6.84. The van der Waals surface area contributed by atoms with Crippen molar-refractivity contribution in [1.29, 1.82) is 0 Å². The lowest BCUT2D eigenvalue weighted by atomic mass is 10.2. The first kappa shape index (κ1) is 12.6. The number of halogens is 2. The van der Waals surface area contributed by atoms with Crippen LogP contribution in [0.2, 0.25) is 0 Å². The van der Waals surface area contributed by atoms with Crippen molar-refractivity contribution < 1.29 is 4.42 Å².